The van der Waals surface area contributed by atoms with Gasteiger partial charge in [0, 0.05) is 66.8 Å². The fourth-order valence-electron chi connectivity index (χ4n) is 5.24. The van der Waals surface area contributed by atoms with E-state index in [0.717, 1.165) is 66.7 Å². The summed E-state index contributed by atoms with van der Waals surface area (Å²) in [6.45, 7) is 5.18. The van der Waals surface area contributed by atoms with Crippen molar-refractivity contribution in [1.29, 1.82) is 0 Å². The average Bonchev–Trinajstić information content (AvgIpc) is 3.68. The fraction of sp³-hybridized carbons (Fsp3) is 0.310. The standard InChI is InChI=1S/C29H32N8O2/c1-29(39,21-6-3-2-4-7-21)26-13-25(34-28(30)35-26)24-16-32-27-23(24)12-19(14-31-27)20-15-33-37(17-20)10-5-9-36-11-8-22(38)18-36/h2-4,6-7,12-17,22,38-39H,5,8-11,18H2,1H3,(H,31,32)(H2,30,34,35). The number of anilines is 1. The van der Waals surface area contributed by atoms with Crippen molar-refractivity contribution in [2.75, 3.05) is 25.4 Å². The first-order chi connectivity index (χ1) is 18.9. The SMILES string of the molecule is CC(O)(c1ccccc1)c1cc(-c2c[nH]c3ncc(-c4cnn(CCCN5CCC(O)C5)c4)cc23)nc(N)n1. The lowest BCUT2D eigenvalue weighted by atomic mass is 9.91. The zero-order chi connectivity index (χ0) is 27.0. The van der Waals surface area contributed by atoms with E-state index in [2.05, 4.69) is 36.0 Å². The Kier molecular flexibility index (Phi) is 6.59. The highest BCUT2D eigenvalue weighted by Gasteiger charge is 2.29. The van der Waals surface area contributed by atoms with Crippen molar-refractivity contribution in [1.82, 2.24) is 34.6 Å². The fourth-order valence-corrected chi connectivity index (χ4v) is 5.24. The summed E-state index contributed by atoms with van der Waals surface area (Å²) in [5, 5.41) is 26.5. The van der Waals surface area contributed by atoms with E-state index in [0.29, 0.717) is 17.0 Å². The molecule has 5 heterocycles. The molecule has 1 aliphatic rings. The summed E-state index contributed by atoms with van der Waals surface area (Å²) in [5.74, 6) is 0.0851. The summed E-state index contributed by atoms with van der Waals surface area (Å²) in [6, 6.07) is 13.2. The van der Waals surface area contributed by atoms with Crippen molar-refractivity contribution >= 4 is 17.0 Å². The Bertz CT molecular complexity index is 1590. The summed E-state index contributed by atoms with van der Waals surface area (Å²) in [6.07, 6.45) is 9.20. The molecule has 5 aromatic rings. The first-order valence-corrected chi connectivity index (χ1v) is 13.2. The van der Waals surface area contributed by atoms with Crippen molar-refractivity contribution in [2.45, 2.75) is 38.0 Å². The molecule has 39 heavy (non-hydrogen) atoms. The molecular formula is C29H32N8O2. The van der Waals surface area contributed by atoms with Crippen LogP contribution in [0.3, 0.4) is 0 Å². The molecule has 10 heteroatoms. The maximum atomic E-state index is 11.4. The van der Waals surface area contributed by atoms with Gasteiger partial charge in [-0.3, -0.25) is 4.68 Å². The molecule has 1 aliphatic heterocycles. The Morgan fingerprint density at radius 2 is 1.95 bits per heavy atom. The van der Waals surface area contributed by atoms with Gasteiger partial charge in [-0.1, -0.05) is 30.3 Å². The maximum absolute atomic E-state index is 11.4. The Hall–Kier alpha value is -4.12. The summed E-state index contributed by atoms with van der Waals surface area (Å²) in [4.78, 5) is 19.0. The number of aryl methyl sites for hydroxylation is 1. The predicted octanol–water partition coefficient (Wildman–Crippen LogP) is 3.18. The molecule has 0 bridgehead atoms. The van der Waals surface area contributed by atoms with Gasteiger partial charge in [0.05, 0.1) is 23.7 Å². The molecule has 10 nitrogen and oxygen atoms in total. The molecule has 0 spiro atoms. The third-order valence-electron chi connectivity index (χ3n) is 7.46. The van der Waals surface area contributed by atoms with Crippen molar-refractivity contribution in [3.05, 3.63) is 78.5 Å². The topological polar surface area (TPSA) is 142 Å². The number of nitrogens with two attached hydrogens (primary N) is 1. The van der Waals surface area contributed by atoms with Crippen LogP contribution in [-0.2, 0) is 12.1 Å². The normalized spacial score (nSPS) is 17.6. The van der Waals surface area contributed by atoms with Gasteiger partial charge in [0.25, 0.3) is 0 Å². The number of likely N-dealkylation sites (tertiary alicyclic amines) is 1. The van der Waals surface area contributed by atoms with Gasteiger partial charge >= 0.3 is 0 Å². The van der Waals surface area contributed by atoms with Crippen LogP contribution in [0.25, 0.3) is 33.4 Å². The number of aliphatic hydroxyl groups is 2. The first-order valence-electron chi connectivity index (χ1n) is 13.2. The van der Waals surface area contributed by atoms with Crippen molar-refractivity contribution in [3.63, 3.8) is 0 Å². The van der Waals surface area contributed by atoms with Gasteiger partial charge in [-0.25, -0.2) is 15.0 Å². The van der Waals surface area contributed by atoms with E-state index < -0.39 is 5.60 Å². The van der Waals surface area contributed by atoms with Gasteiger partial charge in [-0.15, -0.1) is 0 Å². The molecule has 0 amide bonds. The van der Waals surface area contributed by atoms with Crippen LogP contribution >= 0.6 is 0 Å². The Morgan fingerprint density at radius 3 is 2.74 bits per heavy atom. The molecule has 0 radical (unpaired) electrons. The molecular weight excluding hydrogens is 492 g/mol. The Labute approximate surface area is 226 Å². The Balaban J connectivity index is 1.26. The highest BCUT2D eigenvalue weighted by atomic mass is 16.3. The average molecular weight is 525 g/mol. The number of hydrogen-bond acceptors (Lipinski definition) is 8. The number of aromatic amines is 1. The third-order valence-corrected chi connectivity index (χ3v) is 7.46. The molecule has 5 N–H and O–H groups in total. The van der Waals surface area contributed by atoms with Crippen LogP contribution in [0.15, 0.2) is 67.3 Å². The number of pyridine rings is 1. The van der Waals surface area contributed by atoms with E-state index in [4.69, 9.17) is 5.73 Å². The lowest BCUT2D eigenvalue weighted by molar-refractivity contribution is 0.0975. The number of fused-ring (bicyclic) bond motifs is 1. The first kappa shape index (κ1) is 25.2. The summed E-state index contributed by atoms with van der Waals surface area (Å²) in [5.41, 5.74) is 9.96. The van der Waals surface area contributed by atoms with E-state index in [9.17, 15) is 10.2 Å². The molecule has 6 rings (SSSR count). The van der Waals surface area contributed by atoms with Crippen LogP contribution in [0, 0.1) is 0 Å². The van der Waals surface area contributed by atoms with Gasteiger partial charge in [0.15, 0.2) is 0 Å². The second-order valence-corrected chi connectivity index (χ2v) is 10.3. The molecule has 1 fully saturated rings. The Morgan fingerprint density at radius 1 is 1.10 bits per heavy atom. The molecule has 0 aliphatic carbocycles. The minimum Gasteiger partial charge on any atom is -0.392 e. The summed E-state index contributed by atoms with van der Waals surface area (Å²) in [7, 11) is 0. The van der Waals surface area contributed by atoms with Crippen LogP contribution in [0.5, 0.6) is 0 Å². The van der Waals surface area contributed by atoms with Gasteiger partial charge in [-0.05, 0) is 37.5 Å². The molecule has 1 saturated heterocycles. The van der Waals surface area contributed by atoms with Crippen LogP contribution in [-0.4, -0.2) is 70.6 Å². The second-order valence-electron chi connectivity index (χ2n) is 10.3. The third kappa shape index (κ3) is 5.14. The van der Waals surface area contributed by atoms with Crippen molar-refractivity contribution in [2.24, 2.45) is 0 Å². The number of nitrogens with one attached hydrogen (secondary N) is 1. The summed E-state index contributed by atoms with van der Waals surface area (Å²) < 4.78 is 1.95. The molecule has 200 valence electrons. The number of benzene rings is 1. The molecule has 2 unspecified atom stereocenters. The lowest BCUT2D eigenvalue weighted by Gasteiger charge is -2.24. The van der Waals surface area contributed by atoms with E-state index in [1.165, 1.54) is 0 Å². The van der Waals surface area contributed by atoms with Crippen LogP contribution < -0.4 is 5.73 Å². The highest BCUT2D eigenvalue weighted by Crippen LogP contribution is 2.34. The number of β-amino-alcohol motifs (C(OH)–C–C–N with tert-alkyl or cyclic N) is 1. The number of aromatic nitrogens is 6. The monoisotopic (exact) mass is 524 g/mol. The van der Waals surface area contributed by atoms with E-state index in [1.807, 2.05) is 59.8 Å². The second kappa shape index (κ2) is 10.2. The number of H-pyrrole nitrogens is 1. The highest BCUT2D eigenvalue weighted by molar-refractivity contribution is 5.95. The van der Waals surface area contributed by atoms with Gasteiger partial charge in [-0.2, -0.15) is 5.10 Å². The van der Waals surface area contributed by atoms with Crippen LogP contribution in [0.2, 0.25) is 0 Å². The van der Waals surface area contributed by atoms with E-state index in [1.54, 1.807) is 13.0 Å². The van der Waals surface area contributed by atoms with Crippen molar-refractivity contribution < 1.29 is 10.2 Å². The molecule has 2 atom stereocenters. The minimum absolute atomic E-state index is 0.0851. The number of nitrogens with zero attached hydrogens (tertiary/aromatic N) is 6. The maximum Gasteiger partial charge on any atom is 0.220 e. The smallest absolute Gasteiger partial charge is 0.220 e. The van der Waals surface area contributed by atoms with Crippen LogP contribution in [0.1, 0.15) is 31.0 Å². The van der Waals surface area contributed by atoms with Gasteiger partial charge in [0.2, 0.25) is 5.95 Å². The van der Waals surface area contributed by atoms with Gasteiger partial charge < -0.3 is 25.8 Å². The number of rotatable bonds is 8. The van der Waals surface area contributed by atoms with Crippen molar-refractivity contribution in [3.8, 4) is 22.4 Å². The largest absolute Gasteiger partial charge is 0.392 e. The minimum atomic E-state index is -1.34. The lowest BCUT2D eigenvalue weighted by Crippen LogP contribution is -2.25. The zero-order valence-electron chi connectivity index (χ0n) is 21.8. The van der Waals surface area contributed by atoms with Crippen LogP contribution in [0.4, 0.5) is 5.95 Å². The van der Waals surface area contributed by atoms with Gasteiger partial charge in [0.1, 0.15) is 11.2 Å². The predicted molar refractivity (Wildman–Crippen MR) is 150 cm³/mol. The number of hydrogen-bond donors (Lipinski definition) is 4. The summed E-state index contributed by atoms with van der Waals surface area (Å²) >= 11 is 0. The molecule has 0 saturated carbocycles. The van der Waals surface area contributed by atoms with E-state index in [-0.39, 0.29) is 12.1 Å². The molecule has 4 aromatic heterocycles. The quantitative estimate of drug-likeness (QED) is 0.242. The zero-order valence-corrected chi connectivity index (χ0v) is 21.8. The van der Waals surface area contributed by atoms with E-state index >= 15 is 0 Å². The number of aliphatic hydroxyl groups excluding tert-OH is 1. The molecule has 1 aromatic carbocycles. The number of nitrogen functional groups attached to an aromatic ring is 1.